The van der Waals surface area contributed by atoms with Crippen molar-refractivity contribution in [1.82, 2.24) is 29.7 Å². The number of carbonyl (C=O) groups is 2. The normalized spacial score (nSPS) is 22.0. The van der Waals surface area contributed by atoms with Crippen molar-refractivity contribution in [2.24, 2.45) is 0 Å². The van der Waals surface area contributed by atoms with Crippen LogP contribution in [0.1, 0.15) is 47.7 Å². The van der Waals surface area contributed by atoms with E-state index in [-0.39, 0.29) is 37.3 Å². The molecule has 16 heteroatoms. The van der Waals surface area contributed by atoms with Crippen LogP contribution >= 0.6 is 0 Å². The first-order valence-corrected chi connectivity index (χ1v) is 14.4. The van der Waals surface area contributed by atoms with E-state index >= 15 is 0 Å². The van der Waals surface area contributed by atoms with Gasteiger partial charge in [0.05, 0.1) is 18.3 Å². The third kappa shape index (κ3) is 6.17. The van der Waals surface area contributed by atoms with E-state index in [1.165, 1.54) is 10.8 Å². The molecule has 2 aliphatic rings. The van der Waals surface area contributed by atoms with Crippen LogP contribution in [-0.4, -0.2) is 97.4 Å². The highest BCUT2D eigenvalue weighted by molar-refractivity contribution is 5.97. The molecule has 5 rings (SSSR count). The van der Waals surface area contributed by atoms with Crippen LogP contribution in [0.25, 0.3) is 16.8 Å². The van der Waals surface area contributed by atoms with E-state index in [1.807, 2.05) is 4.90 Å². The summed E-state index contributed by atoms with van der Waals surface area (Å²) < 4.78 is 84.1. The summed E-state index contributed by atoms with van der Waals surface area (Å²) in [5.74, 6) is -4.93. The lowest BCUT2D eigenvalue weighted by Gasteiger charge is -2.31. The van der Waals surface area contributed by atoms with Gasteiger partial charge in [-0.15, -0.1) is 0 Å². The lowest BCUT2D eigenvalue weighted by molar-refractivity contribution is -0.256. The second kappa shape index (κ2) is 11.8. The van der Waals surface area contributed by atoms with Crippen LogP contribution in [-0.2, 0) is 11.3 Å². The molecule has 2 saturated heterocycles. The zero-order chi connectivity index (χ0) is 32.9. The Morgan fingerprint density at radius 3 is 2.49 bits per heavy atom. The first-order chi connectivity index (χ1) is 21.0. The Hall–Kier alpha value is -3.92. The number of anilines is 1. The smallest absolute Gasteiger partial charge is 0.382 e. The molecule has 0 saturated carbocycles. The van der Waals surface area contributed by atoms with E-state index in [4.69, 9.17) is 5.73 Å². The molecular formula is C29H33F6N7O3. The number of carbonyl (C=O) groups excluding carboxylic acids is 2. The van der Waals surface area contributed by atoms with Gasteiger partial charge in [0, 0.05) is 50.1 Å². The monoisotopic (exact) mass is 641 g/mol. The number of likely N-dealkylation sites (tertiary alicyclic amines) is 2. The van der Waals surface area contributed by atoms with Gasteiger partial charge in [-0.2, -0.15) is 18.3 Å². The number of aliphatic hydroxyl groups is 1. The van der Waals surface area contributed by atoms with Crippen molar-refractivity contribution in [3.63, 3.8) is 0 Å². The first kappa shape index (κ1) is 32.5. The van der Waals surface area contributed by atoms with Crippen molar-refractivity contribution in [3.8, 4) is 11.3 Å². The lowest BCUT2D eigenvalue weighted by Crippen LogP contribution is -2.57. The van der Waals surface area contributed by atoms with Gasteiger partial charge in [-0.1, -0.05) is 19.1 Å². The molecule has 244 valence electrons. The van der Waals surface area contributed by atoms with E-state index in [2.05, 4.69) is 15.4 Å². The number of halogens is 6. The number of nitrogens with one attached hydrogen (secondary N) is 1. The molecule has 0 radical (unpaired) electrons. The fraction of sp³-hybridized carbons (Fsp3) is 0.517. The average Bonchev–Trinajstić information content (AvgIpc) is 3.53. The number of amides is 2. The number of hydrogen-bond acceptors (Lipinski definition) is 7. The Bertz CT molecular complexity index is 1600. The zero-order valence-electron chi connectivity index (χ0n) is 24.5. The molecule has 4 heterocycles. The molecule has 2 fully saturated rings. The van der Waals surface area contributed by atoms with Gasteiger partial charge in [-0.3, -0.25) is 14.5 Å². The van der Waals surface area contributed by atoms with Crippen molar-refractivity contribution in [3.05, 3.63) is 47.3 Å². The minimum atomic E-state index is -5.26. The number of benzene rings is 1. The highest BCUT2D eigenvalue weighted by atomic mass is 19.4. The second-order valence-corrected chi connectivity index (χ2v) is 11.6. The predicted octanol–water partition coefficient (Wildman–Crippen LogP) is 3.50. The minimum absolute atomic E-state index is 0.140. The maximum atomic E-state index is 14.9. The summed E-state index contributed by atoms with van der Waals surface area (Å²) in [4.78, 5) is 32.4. The number of piperidine rings is 1. The number of nitrogens with zero attached hydrogens (tertiary/aromatic N) is 5. The Kier molecular flexibility index (Phi) is 8.50. The fourth-order valence-corrected chi connectivity index (χ4v) is 5.82. The highest BCUT2D eigenvalue weighted by Gasteiger charge is 2.60. The summed E-state index contributed by atoms with van der Waals surface area (Å²) >= 11 is 0. The molecule has 1 aromatic carbocycles. The van der Waals surface area contributed by atoms with Crippen molar-refractivity contribution >= 4 is 23.1 Å². The molecule has 0 spiro atoms. The molecular weight excluding hydrogens is 608 g/mol. The van der Waals surface area contributed by atoms with Crippen LogP contribution in [0.3, 0.4) is 0 Å². The number of aryl methyl sites for hydroxylation is 1. The Morgan fingerprint density at radius 2 is 1.84 bits per heavy atom. The maximum absolute atomic E-state index is 14.9. The Morgan fingerprint density at radius 1 is 1.16 bits per heavy atom. The first-order valence-electron chi connectivity index (χ1n) is 14.4. The number of hydrogen-bond donors (Lipinski definition) is 3. The van der Waals surface area contributed by atoms with E-state index in [1.54, 1.807) is 31.2 Å². The average molecular weight is 642 g/mol. The molecule has 4 N–H and O–H groups in total. The number of nitrogen functional groups attached to an aromatic ring is 1. The minimum Gasteiger partial charge on any atom is -0.382 e. The summed E-state index contributed by atoms with van der Waals surface area (Å²) in [6.07, 6.45) is -7.35. The molecule has 2 aromatic heterocycles. The number of fused-ring (bicyclic) bond motifs is 1. The van der Waals surface area contributed by atoms with Crippen LogP contribution < -0.4 is 11.1 Å². The summed E-state index contributed by atoms with van der Waals surface area (Å²) in [6, 6.07) is 5.40. The topological polar surface area (TPSA) is 129 Å². The molecule has 2 amide bonds. The van der Waals surface area contributed by atoms with Crippen molar-refractivity contribution < 1.29 is 41.0 Å². The van der Waals surface area contributed by atoms with Crippen molar-refractivity contribution in [2.75, 3.05) is 31.9 Å². The molecule has 0 bridgehead atoms. The Balaban J connectivity index is 1.38. The Labute approximate surface area is 254 Å². The largest absolute Gasteiger partial charge is 0.426 e. The summed E-state index contributed by atoms with van der Waals surface area (Å²) in [6.45, 7) is 2.05. The molecule has 1 unspecified atom stereocenters. The maximum Gasteiger partial charge on any atom is 0.426 e. The number of rotatable bonds is 7. The van der Waals surface area contributed by atoms with Gasteiger partial charge in [0.15, 0.2) is 5.82 Å². The quantitative estimate of drug-likeness (QED) is 0.337. The zero-order valence-corrected chi connectivity index (χ0v) is 24.5. The third-order valence-electron chi connectivity index (χ3n) is 8.61. The predicted molar refractivity (Wildman–Crippen MR) is 151 cm³/mol. The molecule has 3 atom stereocenters. The standard InChI is InChI=1S/C29H33F6N7O3/c1-3-28(45,29(33,34)35)26(44)41-13-20(30)21(14-41)39-25(43)19-10-17(5-4-16(19)2)22-11-18(23-24(36)37-15-38-42(22)23)12-40-8-6-27(31,32)7-9-40/h4-5,10-11,15,20-21,45H,3,6-9,12-14H2,1-2H3,(H,39,43)(H2,36,37,38)/t20-,21+,28?/m0/s1. The van der Waals surface area contributed by atoms with Crippen LogP contribution in [0, 0.1) is 6.92 Å². The van der Waals surface area contributed by atoms with Gasteiger partial charge in [-0.05, 0) is 36.6 Å². The second-order valence-electron chi connectivity index (χ2n) is 11.6. The molecule has 10 nitrogen and oxygen atoms in total. The summed E-state index contributed by atoms with van der Waals surface area (Å²) in [5, 5.41) is 16.8. The fourth-order valence-electron chi connectivity index (χ4n) is 5.82. The van der Waals surface area contributed by atoms with Crippen LogP contribution in [0.5, 0.6) is 0 Å². The molecule has 0 aliphatic carbocycles. The van der Waals surface area contributed by atoms with Crippen LogP contribution in [0.15, 0.2) is 30.6 Å². The summed E-state index contributed by atoms with van der Waals surface area (Å²) in [7, 11) is 0. The summed E-state index contributed by atoms with van der Waals surface area (Å²) in [5.41, 5.74) is 5.40. The third-order valence-corrected chi connectivity index (χ3v) is 8.61. The van der Waals surface area contributed by atoms with Crippen LogP contribution in [0.2, 0.25) is 0 Å². The number of aromatic nitrogens is 3. The van der Waals surface area contributed by atoms with E-state index in [0.717, 1.165) is 6.92 Å². The highest BCUT2D eigenvalue weighted by Crippen LogP contribution is 2.36. The van der Waals surface area contributed by atoms with Gasteiger partial charge in [0.1, 0.15) is 18.0 Å². The van der Waals surface area contributed by atoms with Gasteiger partial charge in [-0.25, -0.2) is 22.7 Å². The van der Waals surface area contributed by atoms with Crippen molar-refractivity contribution in [1.29, 1.82) is 0 Å². The van der Waals surface area contributed by atoms with Gasteiger partial charge >= 0.3 is 6.18 Å². The van der Waals surface area contributed by atoms with Gasteiger partial charge in [0.2, 0.25) is 5.60 Å². The van der Waals surface area contributed by atoms with Crippen molar-refractivity contribution in [2.45, 2.75) is 69.6 Å². The van der Waals surface area contributed by atoms with E-state index in [9.17, 15) is 41.0 Å². The lowest BCUT2D eigenvalue weighted by atomic mass is 9.98. The molecule has 3 aromatic rings. The van der Waals surface area contributed by atoms with Gasteiger partial charge in [0.25, 0.3) is 17.7 Å². The van der Waals surface area contributed by atoms with E-state index in [0.29, 0.717) is 39.3 Å². The number of nitrogens with two attached hydrogens (primary N) is 1. The number of alkyl halides is 6. The van der Waals surface area contributed by atoms with Crippen LogP contribution in [0.4, 0.5) is 32.2 Å². The van der Waals surface area contributed by atoms with E-state index < -0.39 is 61.2 Å². The molecule has 2 aliphatic heterocycles. The molecule has 45 heavy (non-hydrogen) atoms. The SMILES string of the molecule is CCC(O)(C(=O)N1C[C@H](F)[C@H](NC(=O)c2cc(-c3cc(CN4CCC(F)(F)CC4)c4c(N)ncnn34)ccc2C)C1)C(F)(F)F. The van der Waals surface area contributed by atoms with Gasteiger partial charge < -0.3 is 21.1 Å².